The number of hydrogen-bond donors (Lipinski definition) is 2. The summed E-state index contributed by atoms with van der Waals surface area (Å²) in [7, 11) is 3.25. The van der Waals surface area contributed by atoms with Crippen molar-refractivity contribution < 1.29 is 18.9 Å². The van der Waals surface area contributed by atoms with Gasteiger partial charge in [0.05, 0.1) is 26.3 Å². The van der Waals surface area contributed by atoms with Crippen LogP contribution in [-0.2, 0) is 19.4 Å². The molecular formula is C31H33N3O5S. The van der Waals surface area contributed by atoms with Crippen molar-refractivity contribution in [3.8, 4) is 23.0 Å². The van der Waals surface area contributed by atoms with E-state index in [0.717, 1.165) is 23.8 Å². The van der Waals surface area contributed by atoms with E-state index in [4.69, 9.17) is 31.2 Å². The van der Waals surface area contributed by atoms with E-state index in [0.29, 0.717) is 58.8 Å². The van der Waals surface area contributed by atoms with Crippen LogP contribution < -0.4 is 29.8 Å². The van der Waals surface area contributed by atoms with Crippen LogP contribution in [0.15, 0.2) is 65.5 Å². The van der Waals surface area contributed by atoms with Gasteiger partial charge in [-0.1, -0.05) is 35.9 Å². The number of H-pyrrole nitrogens is 1. The molecule has 0 unspecified atom stereocenters. The number of fused-ring (bicyclic) bond motifs is 2. The second kappa shape index (κ2) is 12.3. The van der Waals surface area contributed by atoms with Crippen molar-refractivity contribution in [2.75, 3.05) is 34.1 Å². The van der Waals surface area contributed by atoms with Crippen LogP contribution in [0.1, 0.15) is 22.3 Å². The number of aromatic nitrogens is 1. The maximum absolute atomic E-state index is 13.1. The van der Waals surface area contributed by atoms with Gasteiger partial charge in [-0.2, -0.15) is 0 Å². The lowest BCUT2D eigenvalue weighted by molar-refractivity contribution is 0.174. The van der Waals surface area contributed by atoms with Crippen molar-refractivity contribution in [3.63, 3.8) is 0 Å². The van der Waals surface area contributed by atoms with Gasteiger partial charge in [-0.25, -0.2) is 0 Å². The molecule has 4 aromatic rings. The minimum atomic E-state index is -0.153. The maximum atomic E-state index is 13.1. The van der Waals surface area contributed by atoms with Crippen LogP contribution in [0.2, 0.25) is 0 Å². The van der Waals surface area contributed by atoms with Crippen LogP contribution in [0.25, 0.3) is 10.9 Å². The lowest BCUT2D eigenvalue weighted by atomic mass is 10.1. The Morgan fingerprint density at radius 1 is 0.975 bits per heavy atom. The Kier molecular flexibility index (Phi) is 8.40. The largest absolute Gasteiger partial charge is 0.493 e. The van der Waals surface area contributed by atoms with Gasteiger partial charge in [0.2, 0.25) is 6.79 Å². The van der Waals surface area contributed by atoms with E-state index < -0.39 is 0 Å². The Bertz CT molecular complexity index is 1590. The molecule has 2 N–H and O–H groups in total. The van der Waals surface area contributed by atoms with E-state index in [1.807, 2.05) is 30.3 Å². The molecule has 3 aromatic carbocycles. The predicted octanol–water partition coefficient (Wildman–Crippen LogP) is 4.74. The van der Waals surface area contributed by atoms with Crippen LogP contribution in [0, 0.1) is 6.92 Å². The first-order valence-corrected chi connectivity index (χ1v) is 13.6. The van der Waals surface area contributed by atoms with Crippen molar-refractivity contribution >= 4 is 28.2 Å². The van der Waals surface area contributed by atoms with Gasteiger partial charge in [0.15, 0.2) is 28.1 Å². The SMILES string of the molecule is COc1ccc(CCNC(=S)N(CCc2cccc(C)c2)Cc2cc3cc4c(cc3[nH]c2=O)OCO4)cc1OC. The van der Waals surface area contributed by atoms with Crippen molar-refractivity contribution in [3.05, 3.63) is 93.3 Å². The van der Waals surface area contributed by atoms with Gasteiger partial charge in [0.1, 0.15) is 0 Å². The first-order valence-electron chi connectivity index (χ1n) is 13.2. The summed E-state index contributed by atoms with van der Waals surface area (Å²) >= 11 is 5.84. The first-order chi connectivity index (χ1) is 19.4. The standard InChI is InChI=1S/C31H33N3O5S/c1-20-5-4-6-21(13-20)10-12-34(31(40)32-11-9-22-7-8-26(36-2)27(14-22)37-3)18-24-15-23-16-28-29(39-19-38-28)17-25(23)33-30(24)35/h4-8,13-17H,9-12,18-19H2,1-3H3,(H,32,40)(H,33,35). The molecule has 0 spiro atoms. The molecule has 40 heavy (non-hydrogen) atoms. The molecule has 1 aliphatic heterocycles. The number of benzene rings is 3. The molecule has 0 fully saturated rings. The number of aryl methyl sites for hydroxylation is 1. The molecule has 0 saturated carbocycles. The molecule has 0 amide bonds. The van der Waals surface area contributed by atoms with Gasteiger partial charge in [-0.05, 0) is 67.4 Å². The number of hydrogen-bond acceptors (Lipinski definition) is 6. The van der Waals surface area contributed by atoms with Crippen molar-refractivity contribution in [1.29, 1.82) is 0 Å². The number of nitrogens with zero attached hydrogens (tertiary/aromatic N) is 1. The monoisotopic (exact) mass is 559 g/mol. The Morgan fingerprint density at radius 3 is 2.52 bits per heavy atom. The fourth-order valence-corrected chi connectivity index (χ4v) is 5.07. The second-order valence-electron chi connectivity index (χ2n) is 9.75. The van der Waals surface area contributed by atoms with Gasteiger partial charge in [-0.15, -0.1) is 0 Å². The van der Waals surface area contributed by atoms with E-state index in [-0.39, 0.29) is 12.4 Å². The van der Waals surface area contributed by atoms with E-state index in [9.17, 15) is 4.79 Å². The zero-order valence-electron chi connectivity index (χ0n) is 22.9. The highest BCUT2D eigenvalue weighted by Gasteiger charge is 2.18. The molecule has 0 bridgehead atoms. The van der Waals surface area contributed by atoms with Gasteiger partial charge in [0, 0.05) is 30.1 Å². The normalized spacial score (nSPS) is 11.9. The van der Waals surface area contributed by atoms with Crippen molar-refractivity contribution in [2.45, 2.75) is 26.3 Å². The number of rotatable bonds is 10. The van der Waals surface area contributed by atoms with Gasteiger partial charge in [0.25, 0.3) is 5.56 Å². The van der Waals surface area contributed by atoms with E-state index in [1.54, 1.807) is 20.3 Å². The summed E-state index contributed by atoms with van der Waals surface area (Å²) in [5, 5.41) is 4.87. The molecule has 0 radical (unpaired) electrons. The number of aromatic amines is 1. The molecule has 8 nitrogen and oxygen atoms in total. The van der Waals surface area contributed by atoms with Gasteiger partial charge >= 0.3 is 0 Å². The Balaban J connectivity index is 1.32. The molecule has 208 valence electrons. The van der Waals surface area contributed by atoms with E-state index in [2.05, 4.69) is 46.4 Å². The van der Waals surface area contributed by atoms with Crippen LogP contribution in [0.5, 0.6) is 23.0 Å². The van der Waals surface area contributed by atoms with Crippen LogP contribution in [0.4, 0.5) is 0 Å². The fraction of sp³-hybridized carbons (Fsp3) is 0.290. The van der Waals surface area contributed by atoms with Crippen molar-refractivity contribution in [1.82, 2.24) is 15.2 Å². The second-order valence-corrected chi connectivity index (χ2v) is 10.1. The molecule has 0 saturated heterocycles. The summed E-state index contributed by atoms with van der Waals surface area (Å²) in [5.74, 6) is 2.70. The molecular weight excluding hydrogens is 526 g/mol. The minimum Gasteiger partial charge on any atom is -0.493 e. The molecule has 0 atom stereocenters. The lowest BCUT2D eigenvalue weighted by Crippen LogP contribution is -2.42. The fourth-order valence-electron chi connectivity index (χ4n) is 4.81. The highest BCUT2D eigenvalue weighted by Crippen LogP contribution is 2.35. The zero-order chi connectivity index (χ0) is 28.1. The average Bonchev–Trinajstić information content (AvgIpc) is 3.41. The molecule has 9 heteroatoms. The number of methoxy groups -OCH3 is 2. The number of pyridine rings is 1. The summed E-state index contributed by atoms with van der Waals surface area (Å²) in [6.45, 7) is 3.92. The third-order valence-corrected chi connectivity index (χ3v) is 7.36. The molecule has 1 aliphatic rings. The predicted molar refractivity (Wildman–Crippen MR) is 160 cm³/mol. The smallest absolute Gasteiger partial charge is 0.253 e. The summed E-state index contributed by atoms with van der Waals surface area (Å²) in [6.07, 6.45) is 1.54. The summed E-state index contributed by atoms with van der Waals surface area (Å²) in [4.78, 5) is 18.1. The third kappa shape index (κ3) is 6.31. The average molecular weight is 560 g/mol. The topological polar surface area (TPSA) is 85.1 Å². The minimum absolute atomic E-state index is 0.153. The summed E-state index contributed by atoms with van der Waals surface area (Å²) < 4.78 is 21.8. The third-order valence-electron chi connectivity index (χ3n) is 6.95. The zero-order valence-corrected chi connectivity index (χ0v) is 23.7. The molecule has 0 aliphatic carbocycles. The van der Waals surface area contributed by atoms with Crippen LogP contribution in [0.3, 0.4) is 0 Å². The van der Waals surface area contributed by atoms with Gasteiger partial charge < -0.3 is 34.1 Å². The lowest BCUT2D eigenvalue weighted by Gasteiger charge is -2.26. The van der Waals surface area contributed by atoms with E-state index >= 15 is 0 Å². The molecule has 1 aromatic heterocycles. The first kappa shape index (κ1) is 27.3. The number of thiocarbonyl (C=S) groups is 1. The molecule has 5 rings (SSSR count). The summed E-state index contributed by atoms with van der Waals surface area (Å²) in [6, 6.07) is 19.9. The Labute approximate surface area is 238 Å². The molecule has 2 heterocycles. The Hall–Kier alpha value is -4.24. The van der Waals surface area contributed by atoms with Gasteiger partial charge in [-0.3, -0.25) is 4.79 Å². The quantitative estimate of drug-likeness (QED) is 0.270. The number of ether oxygens (including phenoxy) is 4. The van der Waals surface area contributed by atoms with E-state index in [1.165, 1.54) is 11.1 Å². The maximum Gasteiger partial charge on any atom is 0.253 e. The van der Waals surface area contributed by atoms with Crippen LogP contribution in [-0.4, -0.2) is 49.1 Å². The summed E-state index contributed by atoms with van der Waals surface area (Å²) in [5.41, 5.74) is 4.71. The highest BCUT2D eigenvalue weighted by molar-refractivity contribution is 7.80. The highest BCUT2D eigenvalue weighted by atomic mass is 32.1. The van der Waals surface area contributed by atoms with Crippen LogP contribution >= 0.6 is 12.2 Å². The van der Waals surface area contributed by atoms with Crippen molar-refractivity contribution in [2.24, 2.45) is 0 Å². The number of nitrogens with one attached hydrogen (secondary N) is 2. The Morgan fingerprint density at radius 2 is 1.75 bits per heavy atom.